The molecule has 0 spiro atoms. The number of aromatic amines is 1. The third-order valence-electron chi connectivity index (χ3n) is 2.94. The Labute approximate surface area is 123 Å². The van der Waals surface area contributed by atoms with Crippen LogP contribution in [-0.2, 0) is 9.53 Å². The number of carbonyl (C=O) groups is 2. The summed E-state index contributed by atoms with van der Waals surface area (Å²) in [6.07, 6.45) is 1.78. The molecule has 0 bridgehead atoms. The Kier molecular flexibility index (Phi) is 4.02. The van der Waals surface area contributed by atoms with Gasteiger partial charge in [-0.15, -0.1) is 0 Å². The summed E-state index contributed by atoms with van der Waals surface area (Å²) in [6, 6.07) is 6.63. The zero-order valence-corrected chi connectivity index (χ0v) is 12.7. The van der Waals surface area contributed by atoms with Crippen LogP contribution < -0.4 is 5.32 Å². The molecule has 0 fully saturated rings. The molecule has 1 heterocycles. The molecular formula is C16H20N2O3. The lowest BCUT2D eigenvalue weighted by atomic mass is 10.1. The molecule has 1 atom stereocenters. The number of fused-ring (bicyclic) bond motifs is 1. The van der Waals surface area contributed by atoms with E-state index in [9.17, 15) is 9.59 Å². The minimum absolute atomic E-state index is 0.304. The van der Waals surface area contributed by atoms with Gasteiger partial charge in [-0.05, 0) is 39.8 Å². The fraction of sp³-hybridized carbons (Fsp3) is 0.375. The molecule has 0 saturated heterocycles. The first kappa shape index (κ1) is 15.1. The SMILES string of the molecule is C[C@H](NC(=O)c1cccc2cc[nH]c12)C(=O)OC(C)(C)C. The number of amides is 1. The molecule has 112 valence electrons. The molecule has 0 aliphatic heterocycles. The summed E-state index contributed by atoms with van der Waals surface area (Å²) in [5.74, 6) is -0.754. The molecule has 2 rings (SSSR count). The number of rotatable bonds is 3. The number of esters is 1. The Morgan fingerprint density at radius 3 is 2.62 bits per heavy atom. The molecule has 2 aromatic rings. The van der Waals surface area contributed by atoms with Gasteiger partial charge in [0.1, 0.15) is 11.6 Å². The second kappa shape index (κ2) is 5.60. The van der Waals surface area contributed by atoms with Gasteiger partial charge in [0.2, 0.25) is 0 Å². The van der Waals surface area contributed by atoms with E-state index in [1.54, 1.807) is 40.0 Å². The van der Waals surface area contributed by atoms with Crippen molar-refractivity contribution in [2.45, 2.75) is 39.3 Å². The number of para-hydroxylation sites is 1. The standard InChI is InChI=1S/C16H20N2O3/c1-10(15(20)21-16(2,3)4)18-14(19)12-7-5-6-11-8-9-17-13(11)12/h5-10,17H,1-4H3,(H,18,19)/t10-/m0/s1. The molecule has 0 aliphatic rings. The highest BCUT2D eigenvalue weighted by molar-refractivity contribution is 6.06. The second-order valence-electron chi connectivity index (χ2n) is 5.98. The Bertz CT molecular complexity index is 667. The monoisotopic (exact) mass is 288 g/mol. The van der Waals surface area contributed by atoms with Gasteiger partial charge in [-0.25, -0.2) is 4.79 Å². The third kappa shape index (κ3) is 3.62. The van der Waals surface area contributed by atoms with Crippen LogP contribution in [0.15, 0.2) is 30.5 Å². The number of ether oxygens (including phenoxy) is 1. The summed E-state index contributed by atoms with van der Waals surface area (Å²) in [6.45, 7) is 6.98. The van der Waals surface area contributed by atoms with Crippen LogP contribution in [0, 0.1) is 0 Å². The van der Waals surface area contributed by atoms with Gasteiger partial charge in [0.15, 0.2) is 0 Å². The van der Waals surface area contributed by atoms with Crippen molar-refractivity contribution in [2.24, 2.45) is 0 Å². The molecule has 0 unspecified atom stereocenters. The van der Waals surface area contributed by atoms with Gasteiger partial charge in [-0.3, -0.25) is 4.79 Å². The number of nitrogens with one attached hydrogen (secondary N) is 2. The van der Waals surface area contributed by atoms with Gasteiger partial charge in [-0.2, -0.15) is 0 Å². The molecule has 0 radical (unpaired) electrons. The number of aromatic nitrogens is 1. The van der Waals surface area contributed by atoms with E-state index in [0.717, 1.165) is 10.9 Å². The summed E-state index contributed by atoms with van der Waals surface area (Å²) < 4.78 is 5.25. The van der Waals surface area contributed by atoms with Crippen LogP contribution in [0.5, 0.6) is 0 Å². The lowest BCUT2D eigenvalue weighted by Gasteiger charge is -2.22. The van der Waals surface area contributed by atoms with Crippen molar-refractivity contribution in [3.05, 3.63) is 36.0 Å². The highest BCUT2D eigenvalue weighted by Crippen LogP contribution is 2.17. The van der Waals surface area contributed by atoms with Crippen molar-refractivity contribution in [3.63, 3.8) is 0 Å². The lowest BCUT2D eigenvalue weighted by molar-refractivity contribution is -0.156. The number of carbonyl (C=O) groups excluding carboxylic acids is 2. The number of hydrogen-bond donors (Lipinski definition) is 2. The molecular weight excluding hydrogens is 268 g/mol. The molecule has 1 amide bonds. The van der Waals surface area contributed by atoms with Gasteiger partial charge in [0.25, 0.3) is 5.91 Å². The predicted molar refractivity (Wildman–Crippen MR) is 81.1 cm³/mol. The average molecular weight is 288 g/mol. The molecule has 5 heteroatoms. The van der Waals surface area contributed by atoms with E-state index >= 15 is 0 Å². The van der Waals surface area contributed by atoms with Crippen LogP contribution in [-0.4, -0.2) is 28.5 Å². The zero-order valence-electron chi connectivity index (χ0n) is 12.7. The largest absolute Gasteiger partial charge is 0.458 e. The van der Waals surface area contributed by atoms with Crippen molar-refractivity contribution < 1.29 is 14.3 Å². The molecule has 1 aromatic carbocycles. The van der Waals surface area contributed by atoms with Gasteiger partial charge < -0.3 is 15.0 Å². The minimum Gasteiger partial charge on any atom is -0.458 e. The second-order valence-corrected chi connectivity index (χ2v) is 5.98. The number of H-pyrrole nitrogens is 1. The van der Waals surface area contributed by atoms with Crippen molar-refractivity contribution in [2.75, 3.05) is 0 Å². The highest BCUT2D eigenvalue weighted by atomic mass is 16.6. The minimum atomic E-state index is -0.707. The maximum Gasteiger partial charge on any atom is 0.328 e. The molecule has 2 N–H and O–H groups in total. The first-order valence-electron chi connectivity index (χ1n) is 6.88. The maximum absolute atomic E-state index is 12.3. The molecule has 0 saturated carbocycles. The van der Waals surface area contributed by atoms with Crippen LogP contribution >= 0.6 is 0 Å². The summed E-state index contributed by atoms with van der Waals surface area (Å²) in [4.78, 5) is 27.2. The van der Waals surface area contributed by atoms with E-state index in [2.05, 4.69) is 10.3 Å². The van der Waals surface area contributed by atoms with E-state index in [0.29, 0.717) is 5.56 Å². The van der Waals surface area contributed by atoms with Gasteiger partial charge in [0.05, 0.1) is 11.1 Å². The zero-order chi connectivity index (χ0) is 15.6. The number of benzene rings is 1. The topological polar surface area (TPSA) is 71.2 Å². The summed E-state index contributed by atoms with van der Waals surface area (Å²) in [5.41, 5.74) is 0.689. The van der Waals surface area contributed by atoms with E-state index in [1.807, 2.05) is 18.2 Å². The lowest BCUT2D eigenvalue weighted by Crippen LogP contribution is -2.42. The summed E-state index contributed by atoms with van der Waals surface area (Å²) >= 11 is 0. The van der Waals surface area contributed by atoms with E-state index in [1.165, 1.54) is 0 Å². The third-order valence-corrected chi connectivity index (χ3v) is 2.94. The van der Waals surface area contributed by atoms with E-state index in [4.69, 9.17) is 4.74 Å². The predicted octanol–water partition coefficient (Wildman–Crippen LogP) is 2.63. The Balaban J connectivity index is 2.11. The highest BCUT2D eigenvalue weighted by Gasteiger charge is 2.23. The Morgan fingerprint density at radius 1 is 1.24 bits per heavy atom. The van der Waals surface area contributed by atoms with Crippen LogP contribution in [0.1, 0.15) is 38.1 Å². The van der Waals surface area contributed by atoms with Gasteiger partial charge >= 0.3 is 5.97 Å². The van der Waals surface area contributed by atoms with Crippen LogP contribution in [0.4, 0.5) is 0 Å². The summed E-state index contributed by atoms with van der Waals surface area (Å²) in [7, 11) is 0. The number of hydrogen-bond acceptors (Lipinski definition) is 3. The van der Waals surface area contributed by atoms with E-state index < -0.39 is 17.6 Å². The van der Waals surface area contributed by atoms with Crippen LogP contribution in [0.2, 0.25) is 0 Å². The fourth-order valence-corrected chi connectivity index (χ4v) is 2.00. The molecule has 1 aromatic heterocycles. The van der Waals surface area contributed by atoms with Gasteiger partial charge in [0, 0.05) is 11.6 Å². The molecule has 21 heavy (non-hydrogen) atoms. The first-order chi connectivity index (χ1) is 9.78. The Hall–Kier alpha value is -2.30. The van der Waals surface area contributed by atoms with Crippen molar-refractivity contribution in [3.8, 4) is 0 Å². The van der Waals surface area contributed by atoms with Crippen molar-refractivity contribution in [1.29, 1.82) is 0 Å². The normalized spacial score (nSPS) is 13.0. The van der Waals surface area contributed by atoms with Gasteiger partial charge in [-0.1, -0.05) is 12.1 Å². The quantitative estimate of drug-likeness (QED) is 0.853. The average Bonchev–Trinajstić information content (AvgIpc) is 2.84. The summed E-state index contributed by atoms with van der Waals surface area (Å²) in [5, 5.41) is 3.62. The van der Waals surface area contributed by atoms with Crippen molar-refractivity contribution >= 4 is 22.8 Å². The van der Waals surface area contributed by atoms with E-state index in [-0.39, 0.29) is 5.91 Å². The first-order valence-corrected chi connectivity index (χ1v) is 6.88. The Morgan fingerprint density at radius 2 is 1.95 bits per heavy atom. The van der Waals surface area contributed by atoms with Crippen molar-refractivity contribution in [1.82, 2.24) is 10.3 Å². The maximum atomic E-state index is 12.3. The van der Waals surface area contributed by atoms with Crippen LogP contribution in [0.25, 0.3) is 10.9 Å². The fourth-order valence-electron chi connectivity index (χ4n) is 2.00. The smallest absolute Gasteiger partial charge is 0.328 e. The molecule has 5 nitrogen and oxygen atoms in total. The molecule has 0 aliphatic carbocycles. The van der Waals surface area contributed by atoms with Crippen LogP contribution in [0.3, 0.4) is 0 Å².